The van der Waals surface area contributed by atoms with Gasteiger partial charge in [0, 0.05) is 14.1 Å². The lowest BCUT2D eigenvalue weighted by molar-refractivity contribution is -0.130. The van der Waals surface area contributed by atoms with E-state index < -0.39 is 18.3 Å². The molecule has 0 aliphatic rings. The van der Waals surface area contributed by atoms with Gasteiger partial charge in [0.2, 0.25) is 0 Å². The molecule has 2 aromatic carbocycles. The normalized spacial score (nSPS) is 10.6. The third kappa shape index (κ3) is 6.73. The SMILES string of the molecule is COc1cc(C=NNC(=O)COc2ccccc2F)cc(Br)c1OCC(=O)N(C)C. The van der Waals surface area contributed by atoms with Crippen LogP contribution >= 0.6 is 15.9 Å². The molecule has 30 heavy (non-hydrogen) atoms. The van der Waals surface area contributed by atoms with Crippen LogP contribution in [0.15, 0.2) is 46.0 Å². The summed E-state index contributed by atoms with van der Waals surface area (Å²) in [6.07, 6.45) is 1.39. The highest BCUT2D eigenvalue weighted by atomic mass is 79.9. The van der Waals surface area contributed by atoms with E-state index in [1.165, 1.54) is 36.4 Å². The second kappa shape index (κ2) is 11.1. The van der Waals surface area contributed by atoms with Gasteiger partial charge in [-0.05, 0) is 45.8 Å². The number of ether oxygens (including phenoxy) is 3. The van der Waals surface area contributed by atoms with E-state index in [9.17, 15) is 14.0 Å². The quantitative estimate of drug-likeness (QED) is 0.439. The topological polar surface area (TPSA) is 89.5 Å². The van der Waals surface area contributed by atoms with Crippen LogP contribution in [0.5, 0.6) is 17.2 Å². The summed E-state index contributed by atoms with van der Waals surface area (Å²) < 4.78 is 29.9. The van der Waals surface area contributed by atoms with E-state index in [4.69, 9.17) is 14.2 Å². The first-order chi connectivity index (χ1) is 14.3. The average Bonchev–Trinajstić information content (AvgIpc) is 2.71. The Labute approximate surface area is 181 Å². The Hall–Kier alpha value is -3.14. The maximum atomic E-state index is 13.5. The number of amides is 2. The third-order valence-corrected chi connectivity index (χ3v) is 4.28. The number of para-hydroxylation sites is 1. The first-order valence-electron chi connectivity index (χ1n) is 8.71. The Kier molecular flexibility index (Phi) is 8.60. The lowest BCUT2D eigenvalue weighted by Gasteiger charge is -2.15. The Morgan fingerprint density at radius 1 is 1.17 bits per heavy atom. The van der Waals surface area contributed by atoms with Crippen molar-refractivity contribution in [1.29, 1.82) is 0 Å². The molecule has 0 aromatic heterocycles. The van der Waals surface area contributed by atoms with Gasteiger partial charge in [-0.2, -0.15) is 5.10 Å². The number of hydrogen-bond donors (Lipinski definition) is 1. The fourth-order valence-corrected chi connectivity index (χ4v) is 2.71. The maximum absolute atomic E-state index is 13.5. The van der Waals surface area contributed by atoms with E-state index in [0.29, 0.717) is 21.5 Å². The number of benzene rings is 2. The van der Waals surface area contributed by atoms with Crippen LogP contribution in [-0.2, 0) is 9.59 Å². The highest BCUT2D eigenvalue weighted by Gasteiger charge is 2.14. The molecule has 0 aliphatic heterocycles. The van der Waals surface area contributed by atoms with Crippen LogP contribution in [0.1, 0.15) is 5.56 Å². The summed E-state index contributed by atoms with van der Waals surface area (Å²) in [7, 11) is 4.73. The second-order valence-electron chi connectivity index (χ2n) is 6.12. The number of rotatable bonds is 9. The molecule has 8 nitrogen and oxygen atoms in total. The molecule has 0 aliphatic carbocycles. The number of hydrogen-bond acceptors (Lipinski definition) is 6. The van der Waals surface area contributed by atoms with Crippen molar-refractivity contribution in [1.82, 2.24) is 10.3 Å². The first-order valence-corrected chi connectivity index (χ1v) is 9.50. The Balaban J connectivity index is 1.96. The van der Waals surface area contributed by atoms with E-state index in [1.54, 1.807) is 32.3 Å². The number of methoxy groups -OCH3 is 1. The first kappa shape index (κ1) is 23.1. The molecular weight excluding hydrogens is 461 g/mol. The molecular formula is C20H21BrFN3O5. The number of likely N-dealkylation sites (N-methyl/N-ethyl adjacent to an activating group) is 1. The van der Waals surface area contributed by atoms with Gasteiger partial charge in [-0.25, -0.2) is 9.82 Å². The summed E-state index contributed by atoms with van der Waals surface area (Å²) in [5.41, 5.74) is 2.89. The van der Waals surface area contributed by atoms with Gasteiger partial charge >= 0.3 is 0 Å². The zero-order valence-electron chi connectivity index (χ0n) is 16.6. The molecule has 0 spiro atoms. The summed E-state index contributed by atoms with van der Waals surface area (Å²) >= 11 is 3.37. The van der Waals surface area contributed by atoms with Crippen LogP contribution in [0.2, 0.25) is 0 Å². The van der Waals surface area contributed by atoms with E-state index in [2.05, 4.69) is 26.5 Å². The lowest BCUT2D eigenvalue weighted by atomic mass is 10.2. The Morgan fingerprint density at radius 3 is 2.57 bits per heavy atom. The predicted octanol–water partition coefficient (Wildman–Crippen LogP) is 2.59. The van der Waals surface area contributed by atoms with Crippen molar-refractivity contribution < 1.29 is 28.2 Å². The van der Waals surface area contributed by atoms with Gasteiger partial charge in [0.15, 0.2) is 36.3 Å². The molecule has 0 unspecified atom stereocenters. The number of hydrazone groups is 1. The summed E-state index contributed by atoms with van der Waals surface area (Å²) in [5.74, 6) is -0.578. The minimum Gasteiger partial charge on any atom is -0.493 e. The van der Waals surface area contributed by atoms with Gasteiger partial charge in [0.05, 0.1) is 17.8 Å². The van der Waals surface area contributed by atoms with E-state index in [-0.39, 0.29) is 18.3 Å². The molecule has 2 aromatic rings. The molecule has 10 heteroatoms. The van der Waals surface area contributed by atoms with Gasteiger partial charge in [-0.3, -0.25) is 9.59 Å². The van der Waals surface area contributed by atoms with Crippen LogP contribution < -0.4 is 19.6 Å². The summed E-state index contributed by atoms with van der Waals surface area (Å²) in [6.45, 7) is -0.536. The number of carbonyl (C=O) groups is 2. The Bertz CT molecular complexity index is 937. The van der Waals surface area contributed by atoms with Crippen LogP contribution in [0.25, 0.3) is 0 Å². The monoisotopic (exact) mass is 481 g/mol. The van der Waals surface area contributed by atoms with Crippen molar-refractivity contribution in [2.24, 2.45) is 5.10 Å². The molecule has 2 rings (SSSR count). The molecule has 0 saturated carbocycles. The van der Waals surface area contributed by atoms with E-state index >= 15 is 0 Å². The summed E-state index contributed by atoms with van der Waals surface area (Å²) in [6, 6.07) is 9.10. The van der Waals surface area contributed by atoms with Crippen molar-refractivity contribution >= 4 is 34.0 Å². The molecule has 1 N–H and O–H groups in total. The van der Waals surface area contributed by atoms with Crippen LogP contribution in [0, 0.1) is 5.82 Å². The van der Waals surface area contributed by atoms with Crippen molar-refractivity contribution in [3.63, 3.8) is 0 Å². The fourth-order valence-electron chi connectivity index (χ4n) is 2.13. The molecule has 160 valence electrons. The van der Waals surface area contributed by atoms with Crippen molar-refractivity contribution in [2.45, 2.75) is 0 Å². The van der Waals surface area contributed by atoms with Crippen molar-refractivity contribution in [3.8, 4) is 17.2 Å². The van der Waals surface area contributed by atoms with Gasteiger partial charge < -0.3 is 19.1 Å². The standard InChI is InChI=1S/C20H21BrFN3O5/c1-25(2)19(27)12-30-20-14(21)8-13(9-17(20)28-3)10-23-24-18(26)11-29-16-7-5-4-6-15(16)22/h4-10H,11-12H2,1-3H3,(H,24,26). The lowest BCUT2D eigenvalue weighted by Crippen LogP contribution is -2.27. The zero-order chi connectivity index (χ0) is 22.1. The second-order valence-corrected chi connectivity index (χ2v) is 6.98. The number of halogens is 2. The molecule has 0 heterocycles. The zero-order valence-corrected chi connectivity index (χ0v) is 18.2. The smallest absolute Gasteiger partial charge is 0.277 e. The molecule has 2 amide bonds. The minimum atomic E-state index is -0.555. The summed E-state index contributed by atoms with van der Waals surface area (Å²) in [4.78, 5) is 24.9. The highest BCUT2D eigenvalue weighted by molar-refractivity contribution is 9.10. The summed E-state index contributed by atoms with van der Waals surface area (Å²) in [5, 5.41) is 3.84. The maximum Gasteiger partial charge on any atom is 0.277 e. The van der Waals surface area contributed by atoms with E-state index in [0.717, 1.165) is 0 Å². The minimum absolute atomic E-state index is 0.0198. The van der Waals surface area contributed by atoms with Crippen molar-refractivity contribution in [2.75, 3.05) is 34.4 Å². The molecule has 0 saturated heterocycles. The van der Waals surface area contributed by atoms with Gasteiger partial charge in [-0.1, -0.05) is 12.1 Å². The van der Waals surface area contributed by atoms with Gasteiger partial charge in [-0.15, -0.1) is 0 Å². The Morgan fingerprint density at radius 2 is 1.90 bits per heavy atom. The van der Waals surface area contributed by atoms with Crippen LogP contribution in [-0.4, -0.2) is 57.3 Å². The third-order valence-electron chi connectivity index (χ3n) is 3.69. The highest BCUT2D eigenvalue weighted by Crippen LogP contribution is 2.36. The number of nitrogens with zero attached hydrogens (tertiary/aromatic N) is 2. The number of nitrogens with one attached hydrogen (secondary N) is 1. The fraction of sp³-hybridized carbons (Fsp3) is 0.250. The molecule has 0 fully saturated rings. The van der Waals surface area contributed by atoms with Crippen LogP contribution in [0.4, 0.5) is 4.39 Å². The molecule has 0 radical (unpaired) electrons. The van der Waals surface area contributed by atoms with Gasteiger partial charge in [0.25, 0.3) is 11.8 Å². The van der Waals surface area contributed by atoms with Crippen LogP contribution in [0.3, 0.4) is 0 Å². The predicted molar refractivity (Wildman–Crippen MR) is 113 cm³/mol. The molecule has 0 atom stereocenters. The number of carbonyl (C=O) groups excluding carboxylic acids is 2. The average molecular weight is 482 g/mol. The molecule has 0 bridgehead atoms. The van der Waals surface area contributed by atoms with E-state index in [1.807, 2.05) is 0 Å². The largest absolute Gasteiger partial charge is 0.493 e. The van der Waals surface area contributed by atoms with Gasteiger partial charge in [0.1, 0.15) is 0 Å². The van der Waals surface area contributed by atoms with Crippen molar-refractivity contribution in [3.05, 3.63) is 52.3 Å².